The van der Waals surface area contributed by atoms with Gasteiger partial charge in [0, 0.05) is 14.1 Å². The van der Waals surface area contributed by atoms with E-state index in [2.05, 4.69) is 0 Å². The van der Waals surface area contributed by atoms with Crippen molar-refractivity contribution < 1.29 is 4.79 Å². The highest BCUT2D eigenvalue weighted by atomic mass is 16.2. The number of rotatable bonds is 0. The number of carbonyl (C=O) groups is 1. The van der Waals surface area contributed by atoms with Crippen LogP contribution in [-0.4, -0.2) is 35.6 Å². The molecule has 0 aliphatic heterocycles. The van der Waals surface area contributed by atoms with Gasteiger partial charge in [-0.15, -0.1) is 0 Å². The Morgan fingerprint density at radius 3 is 1.73 bits per heavy atom. The zero-order valence-corrected chi connectivity index (χ0v) is 7.88. The molecule has 0 atom stereocenters. The number of hydrazine groups is 1. The molecular weight excluding hydrogens is 142 g/mol. The fourth-order valence-corrected chi connectivity index (χ4v) is 0.502. The minimum absolute atomic E-state index is 0.183. The van der Waals surface area contributed by atoms with Gasteiger partial charge in [-0.25, -0.2) is 10.6 Å². The fourth-order valence-electron chi connectivity index (χ4n) is 0.502. The van der Waals surface area contributed by atoms with E-state index in [1.807, 2.05) is 20.8 Å². The molecule has 0 saturated heterocycles. The van der Waals surface area contributed by atoms with Gasteiger partial charge in [-0.3, -0.25) is 5.01 Å². The largest absolute Gasteiger partial charge is 0.334 e. The van der Waals surface area contributed by atoms with Gasteiger partial charge in [0.15, 0.2) is 0 Å². The molecular formula is C7H17N3O. The van der Waals surface area contributed by atoms with Crippen molar-refractivity contribution in [3.8, 4) is 0 Å². The molecule has 2 N–H and O–H groups in total. The van der Waals surface area contributed by atoms with Crippen LogP contribution in [0.3, 0.4) is 0 Å². The van der Waals surface area contributed by atoms with E-state index in [-0.39, 0.29) is 11.6 Å². The summed E-state index contributed by atoms with van der Waals surface area (Å²) >= 11 is 0. The Balaban J connectivity index is 4.26. The Kier molecular flexibility index (Phi) is 2.87. The monoisotopic (exact) mass is 159 g/mol. The van der Waals surface area contributed by atoms with Crippen LogP contribution >= 0.6 is 0 Å². The highest BCUT2D eigenvalue weighted by molar-refractivity contribution is 5.73. The van der Waals surface area contributed by atoms with Crippen LogP contribution in [-0.2, 0) is 0 Å². The first-order valence-corrected chi connectivity index (χ1v) is 3.53. The van der Waals surface area contributed by atoms with Crippen LogP contribution in [0.15, 0.2) is 0 Å². The molecule has 0 aromatic heterocycles. The number of carbonyl (C=O) groups excluding carboxylic acids is 1. The van der Waals surface area contributed by atoms with Gasteiger partial charge >= 0.3 is 6.03 Å². The summed E-state index contributed by atoms with van der Waals surface area (Å²) in [6, 6.07) is -0.183. The molecule has 0 unspecified atom stereocenters. The molecule has 0 aromatic rings. The summed E-state index contributed by atoms with van der Waals surface area (Å²) in [5.74, 6) is 5.54. The van der Waals surface area contributed by atoms with Crippen LogP contribution in [0, 0.1) is 0 Å². The topological polar surface area (TPSA) is 49.6 Å². The molecule has 0 radical (unpaired) electrons. The summed E-state index contributed by atoms with van der Waals surface area (Å²) in [6.07, 6.45) is 0. The lowest BCUT2D eigenvalue weighted by atomic mass is 10.1. The number of urea groups is 1. The average Bonchev–Trinajstić information content (AvgIpc) is 1.82. The molecule has 0 aromatic carbocycles. The standard InChI is InChI=1S/C7H17N3O/c1-7(2,3)10(8)6(11)9(4)5/h8H2,1-5H3. The molecule has 0 heterocycles. The van der Waals surface area contributed by atoms with Crippen LogP contribution in [0.25, 0.3) is 0 Å². The maximum absolute atomic E-state index is 11.2. The van der Waals surface area contributed by atoms with E-state index >= 15 is 0 Å². The summed E-state index contributed by atoms with van der Waals surface area (Å²) in [7, 11) is 3.35. The third-order valence-corrected chi connectivity index (χ3v) is 1.31. The first-order chi connectivity index (χ1) is 4.76. The van der Waals surface area contributed by atoms with Crippen molar-refractivity contribution in [1.29, 1.82) is 0 Å². The van der Waals surface area contributed by atoms with E-state index in [9.17, 15) is 4.79 Å². The van der Waals surface area contributed by atoms with E-state index in [1.165, 1.54) is 9.91 Å². The van der Waals surface area contributed by atoms with Crippen LogP contribution in [0.4, 0.5) is 4.79 Å². The zero-order valence-electron chi connectivity index (χ0n) is 7.88. The normalized spacial score (nSPS) is 11.1. The number of amides is 2. The van der Waals surface area contributed by atoms with E-state index in [0.29, 0.717) is 0 Å². The lowest BCUT2D eigenvalue weighted by molar-refractivity contribution is 0.123. The molecule has 0 spiro atoms. The zero-order chi connectivity index (χ0) is 9.23. The Morgan fingerprint density at radius 1 is 1.27 bits per heavy atom. The Bertz CT molecular complexity index is 148. The van der Waals surface area contributed by atoms with Crippen LogP contribution < -0.4 is 5.84 Å². The summed E-state index contributed by atoms with van der Waals surface area (Å²) in [6.45, 7) is 5.65. The molecule has 11 heavy (non-hydrogen) atoms. The first-order valence-electron chi connectivity index (χ1n) is 3.53. The molecule has 0 aliphatic rings. The molecule has 0 rings (SSSR count). The third-order valence-electron chi connectivity index (χ3n) is 1.31. The number of hydrogen-bond acceptors (Lipinski definition) is 2. The molecule has 4 heteroatoms. The predicted octanol–water partition coefficient (Wildman–Crippen LogP) is 0.642. The molecule has 4 nitrogen and oxygen atoms in total. The molecule has 0 saturated carbocycles. The highest BCUT2D eigenvalue weighted by Gasteiger charge is 2.24. The van der Waals surface area contributed by atoms with Crippen molar-refractivity contribution >= 4 is 6.03 Å². The van der Waals surface area contributed by atoms with E-state index in [0.717, 1.165) is 0 Å². The summed E-state index contributed by atoms with van der Waals surface area (Å²) in [4.78, 5) is 12.7. The Labute approximate surface area is 67.9 Å². The van der Waals surface area contributed by atoms with E-state index < -0.39 is 0 Å². The fraction of sp³-hybridized carbons (Fsp3) is 0.857. The molecule has 2 amide bonds. The number of nitrogens with two attached hydrogens (primary N) is 1. The van der Waals surface area contributed by atoms with Crippen molar-refractivity contribution in [1.82, 2.24) is 9.91 Å². The second-order valence-electron chi connectivity index (χ2n) is 3.72. The smallest absolute Gasteiger partial charge is 0.330 e. The van der Waals surface area contributed by atoms with Crippen molar-refractivity contribution in [2.45, 2.75) is 26.3 Å². The molecule has 66 valence electrons. The quantitative estimate of drug-likeness (QED) is 0.320. The van der Waals surface area contributed by atoms with Gasteiger partial charge in [0.1, 0.15) is 0 Å². The number of hydrogen-bond donors (Lipinski definition) is 1. The summed E-state index contributed by atoms with van der Waals surface area (Å²) in [5, 5.41) is 1.22. The second kappa shape index (κ2) is 3.09. The highest BCUT2D eigenvalue weighted by Crippen LogP contribution is 2.09. The lowest BCUT2D eigenvalue weighted by Gasteiger charge is -2.32. The van der Waals surface area contributed by atoms with Crippen molar-refractivity contribution in [3.05, 3.63) is 0 Å². The summed E-state index contributed by atoms with van der Waals surface area (Å²) < 4.78 is 0. The maximum atomic E-state index is 11.2. The maximum Gasteiger partial charge on any atom is 0.334 e. The number of nitrogens with zero attached hydrogens (tertiary/aromatic N) is 2. The van der Waals surface area contributed by atoms with Crippen molar-refractivity contribution in [2.24, 2.45) is 5.84 Å². The Hall–Kier alpha value is -0.770. The molecule has 0 aliphatic carbocycles. The van der Waals surface area contributed by atoms with Crippen LogP contribution in [0.2, 0.25) is 0 Å². The van der Waals surface area contributed by atoms with E-state index in [4.69, 9.17) is 5.84 Å². The minimum Gasteiger partial charge on any atom is -0.330 e. The van der Waals surface area contributed by atoms with Crippen LogP contribution in [0.5, 0.6) is 0 Å². The van der Waals surface area contributed by atoms with Gasteiger partial charge in [-0.2, -0.15) is 0 Å². The van der Waals surface area contributed by atoms with Gasteiger partial charge < -0.3 is 4.90 Å². The van der Waals surface area contributed by atoms with Crippen molar-refractivity contribution in [3.63, 3.8) is 0 Å². The van der Waals surface area contributed by atoms with Gasteiger partial charge in [-0.1, -0.05) is 0 Å². The van der Waals surface area contributed by atoms with E-state index in [1.54, 1.807) is 14.1 Å². The van der Waals surface area contributed by atoms with Gasteiger partial charge in [0.05, 0.1) is 5.54 Å². The SMILES string of the molecule is CN(C)C(=O)N(N)C(C)(C)C. The minimum atomic E-state index is -0.318. The second-order valence-corrected chi connectivity index (χ2v) is 3.72. The molecule has 0 fully saturated rings. The van der Waals surface area contributed by atoms with Gasteiger partial charge in [0.25, 0.3) is 0 Å². The van der Waals surface area contributed by atoms with Crippen LogP contribution in [0.1, 0.15) is 20.8 Å². The molecule has 0 bridgehead atoms. The van der Waals surface area contributed by atoms with Gasteiger partial charge in [0.2, 0.25) is 0 Å². The van der Waals surface area contributed by atoms with Gasteiger partial charge in [-0.05, 0) is 20.8 Å². The van der Waals surface area contributed by atoms with Crippen molar-refractivity contribution in [2.75, 3.05) is 14.1 Å². The predicted molar refractivity (Wildman–Crippen MR) is 44.9 cm³/mol. The summed E-state index contributed by atoms with van der Waals surface area (Å²) in [5.41, 5.74) is -0.318. The first kappa shape index (κ1) is 10.2. The average molecular weight is 159 g/mol. The Morgan fingerprint density at radius 2 is 1.64 bits per heavy atom. The third kappa shape index (κ3) is 2.76. The lowest BCUT2D eigenvalue weighted by Crippen LogP contribution is -2.54.